The van der Waals surface area contributed by atoms with Gasteiger partial charge in [-0.05, 0) is 65.3 Å². The van der Waals surface area contributed by atoms with Crippen LogP contribution in [0.1, 0.15) is 29.5 Å². The minimum absolute atomic E-state index is 0.693. The molecule has 4 heteroatoms. The van der Waals surface area contributed by atoms with Gasteiger partial charge in [-0.15, -0.1) is 0 Å². The van der Waals surface area contributed by atoms with Crippen LogP contribution in [0.25, 0.3) is 11.1 Å². The Hall–Kier alpha value is -2.35. The molecule has 4 rings (SSSR count). The summed E-state index contributed by atoms with van der Waals surface area (Å²) in [5.74, 6) is 0.693. The van der Waals surface area contributed by atoms with Gasteiger partial charge in [-0.2, -0.15) is 5.26 Å². The lowest BCUT2D eigenvalue weighted by atomic mass is 9.95. The normalized spacial score (nSPS) is 17.1. The second-order valence-electron chi connectivity index (χ2n) is 6.89. The van der Waals surface area contributed by atoms with E-state index in [2.05, 4.69) is 41.0 Å². The number of hydrogen-bond donors (Lipinski definition) is 2. The first-order chi connectivity index (χ1) is 12.3. The smallest absolute Gasteiger partial charge is 0.0991 e. The van der Waals surface area contributed by atoms with Gasteiger partial charge in [0, 0.05) is 38.5 Å². The van der Waals surface area contributed by atoms with E-state index in [9.17, 15) is 0 Å². The molecule has 2 N–H and O–H groups in total. The number of ether oxygens (including phenoxy) is 1. The summed E-state index contributed by atoms with van der Waals surface area (Å²) >= 11 is 0. The van der Waals surface area contributed by atoms with Gasteiger partial charge >= 0.3 is 0 Å². The molecule has 0 radical (unpaired) electrons. The van der Waals surface area contributed by atoms with Crippen molar-refractivity contribution < 1.29 is 4.74 Å². The van der Waals surface area contributed by atoms with Crippen molar-refractivity contribution in [3.8, 4) is 17.2 Å². The zero-order valence-electron chi connectivity index (χ0n) is 14.3. The lowest BCUT2D eigenvalue weighted by Gasteiger charge is -2.23. The first-order valence-electron chi connectivity index (χ1n) is 9.02. The standard InChI is InChI=1S/C21H23N3O/c22-11-15-1-3-17(4-2-15)20-10-19(9-18-13-23-14-21(18)20)24-12-16-5-7-25-8-6-16/h1-4,9-10,16,23-24H,5-8,12-14H2. The molecule has 0 atom stereocenters. The molecule has 0 amide bonds. The van der Waals surface area contributed by atoms with E-state index in [1.54, 1.807) is 0 Å². The van der Waals surface area contributed by atoms with Crippen molar-refractivity contribution in [1.82, 2.24) is 5.32 Å². The van der Waals surface area contributed by atoms with Crippen LogP contribution >= 0.6 is 0 Å². The molecule has 1 fully saturated rings. The average Bonchev–Trinajstić information content (AvgIpc) is 3.15. The summed E-state index contributed by atoms with van der Waals surface area (Å²) in [6, 6.07) is 14.6. The molecular formula is C21H23N3O. The van der Waals surface area contributed by atoms with Crippen LogP contribution in [0.3, 0.4) is 0 Å². The predicted molar refractivity (Wildman–Crippen MR) is 99.2 cm³/mol. The number of anilines is 1. The van der Waals surface area contributed by atoms with Gasteiger partial charge in [0.05, 0.1) is 11.6 Å². The van der Waals surface area contributed by atoms with Crippen LogP contribution in [0, 0.1) is 17.2 Å². The highest BCUT2D eigenvalue weighted by Gasteiger charge is 2.18. The first-order valence-corrected chi connectivity index (χ1v) is 9.02. The predicted octanol–water partition coefficient (Wildman–Crippen LogP) is 3.67. The summed E-state index contributed by atoms with van der Waals surface area (Å²) in [7, 11) is 0. The summed E-state index contributed by atoms with van der Waals surface area (Å²) in [6.45, 7) is 4.60. The second kappa shape index (κ2) is 7.26. The molecule has 0 unspecified atom stereocenters. The van der Waals surface area contributed by atoms with E-state index in [1.165, 1.54) is 27.9 Å². The third-order valence-electron chi connectivity index (χ3n) is 5.22. The van der Waals surface area contributed by atoms with E-state index in [4.69, 9.17) is 10.00 Å². The summed E-state index contributed by atoms with van der Waals surface area (Å²) in [4.78, 5) is 0. The maximum absolute atomic E-state index is 9.01. The molecule has 2 heterocycles. The second-order valence-corrected chi connectivity index (χ2v) is 6.89. The molecule has 2 aliphatic heterocycles. The Kier molecular flexibility index (Phi) is 4.69. The third kappa shape index (κ3) is 3.53. The third-order valence-corrected chi connectivity index (χ3v) is 5.22. The largest absolute Gasteiger partial charge is 0.385 e. The Morgan fingerprint density at radius 3 is 2.68 bits per heavy atom. The number of benzene rings is 2. The van der Waals surface area contributed by atoms with Crippen molar-refractivity contribution in [2.75, 3.05) is 25.1 Å². The molecule has 2 aromatic rings. The maximum atomic E-state index is 9.01. The van der Waals surface area contributed by atoms with Crippen LogP contribution in [0.15, 0.2) is 36.4 Å². The molecule has 25 heavy (non-hydrogen) atoms. The van der Waals surface area contributed by atoms with Crippen LogP contribution < -0.4 is 10.6 Å². The average molecular weight is 333 g/mol. The molecular weight excluding hydrogens is 310 g/mol. The van der Waals surface area contributed by atoms with Crippen molar-refractivity contribution in [3.05, 3.63) is 53.1 Å². The molecule has 0 bridgehead atoms. The van der Waals surface area contributed by atoms with Gasteiger partial charge in [0.1, 0.15) is 0 Å². The molecule has 2 aliphatic rings. The van der Waals surface area contributed by atoms with Crippen LogP contribution in [0.2, 0.25) is 0 Å². The van der Waals surface area contributed by atoms with E-state index in [-0.39, 0.29) is 0 Å². The van der Waals surface area contributed by atoms with E-state index in [1.807, 2.05) is 12.1 Å². The Balaban J connectivity index is 1.59. The van der Waals surface area contributed by atoms with Crippen LogP contribution in [-0.2, 0) is 17.8 Å². The lowest BCUT2D eigenvalue weighted by molar-refractivity contribution is 0.0699. The number of hydrogen-bond acceptors (Lipinski definition) is 4. The van der Waals surface area contributed by atoms with E-state index >= 15 is 0 Å². The monoisotopic (exact) mass is 333 g/mol. The fourth-order valence-electron chi connectivity index (χ4n) is 3.72. The summed E-state index contributed by atoms with van der Waals surface area (Å²) in [6.07, 6.45) is 2.28. The number of nitrogens with zero attached hydrogens (tertiary/aromatic N) is 1. The first kappa shape index (κ1) is 16.1. The summed E-state index contributed by atoms with van der Waals surface area (Å²) in [5.41, 5.74) is 7.08. The topological polar surface area (TPSA) is 57.1 Å². The molecule has 0 aromatic heterocycles. The van der Waals surface area contributed by atoms with E-state index in [0.717, 1.165) is 45.7 Å². The van der Waals surface area contributed by atoms with Crippen molar-refractivity contribution in [3.63, 3.8) is 0 Å². The van der Waals surface area contributed by atoms with Gasteiger partial charge < -0.3 is 15.4 Å². The Morgan fingerprint density at radius 2 is 1.92 bits per heavy atom. The fourth-order valence-corrected chi connectivity index (χ4v) is 3.72. The Morgan fingerprint density at radius 1 is 1.12 bits per heavy atom. The molecule has 0 spiro atoms. The van der Waals surface area contributed by atoms with E-state index in [0.29, 0.717) is 11.5 Å². The minimum Gasteiger partial charge on any atom is -0.385 e. The summed E-state index contributed by atoms with van der Waals surface area (Å²) < 4.78 is 5.45. The number of nitrogens with one attached hydrogen (secondary N) is 2. The molecule has 0 saturated carbocycles. The number of fused-ring (bicyclic) bond motifs is 1. The quantitative estimate of drug-likeness (QED) is 0.896. The molecule has 128 valence electrons. The van der Waals surface area contributed by atoms with E-state index < -0.39 is 0 Å². The maximum Gasteiger partial charge on any atom is 0.0991 e. The lowest BCUT2D eigenvalue weighted by Crippen LogP contribution is -2.22. The van der Waals surface area contributed by atoms with Crippen molar-refractivity contribution in [2.24, 2.45) is 5.92 Å². The fraction of sp³-hybridized carbons (Fsp3) is 0.381. The Bertz CT molecular complexity index is 786. The molecule has 0 aliphatic carbocycles. The highest BCUT2D eigenvalue weighted by molar-refractivity contribution is 5.74. The molecule has 1 saturated heterocycles. The van der Waals surface area contributed by atoms with Gasteiger partial charge in [0.2, 0.25) is 0 Å². The van der Waals surface area contributed by atoms with Crippen LogP contribution in [0.5, 0.6) is 0 Å². The highest BCUT2D eigenvalue weighted by atomic mass is 16.5. The highest BCUT2D eigenvalue weighted by Crippen LogP contribution is 2.33. The number of nitriles is 1. The van der Waals surface area contributed by atoms with Gasteiger partial charge in [-0.25, -0.2) is 0 Å². The van der Waals surface area contributed by atoms with Crippen molar-refractivity contribution >= 4 is 5.69 Å². The Labute approximate surface area is 148 Å². The van der Waals surface area contributed by atoms with Crippen molar-refractivity contribution in [2.45, 2.75) is 25.9 Å². The molecule has 2 aromatic carbocycles. The zero-order chi connectivity index (χ0) is 17.1. The number of rotatable bonds is 4. The van der Waals surface area contributed by atoms with Gasteiger partial charge in [-0.3, -0.25) is 0 Å². The summed E-state index contributed by atoms with van der Waals surface area (Å²) in [5, 5.41) is 16.1. The van der Waals surface area contributed by atoms with Crippen LogP contribution in [-0.4, -0.2) is 19.8 Å². The zero-order valence-corrected chi connectivity index (χ0v) is 14.3. The van der Waals surface area contributed by atoms with Gasteiger partial charge in [-0.1, -0.05) is 12.1 Å². The van der Waals surface area contributed by atoms with Gasteiger partial charge in [0.25, 0.3) is 0 Å². The van der Waals surface area contributed by atoms with Crippen LogP contribution in [0.4, 0.5) is 5.69 Å². The minimum atomic E-state index is 0.693. The SMILES string of the molecule is N#Cc1ccc(-c2cc(NCC3CCOCC3)cc3c2CNC3)cc1. The van der Waals surface area contributed by atoms with Gasteiger partial charge in [0.15, 0.2) is 0 Å². The molecule has 4 nitrogen and oxygen atoms in total. The van der Waals surface area contributed by atoms with Crippen molar-refractivity contribution in [1.29, 1.82) is 5.26 Å².